The molecule has 0 bridgehead atoms. The molecule has 0 spiro atoms. The molecule has 0 saturated carbocycles. The molecule has 284 valence electrons. The van der Waals surface area contributed by atoms with Gasteiger partial charge in [0.05, 0.1) is 13.7 Å². The summed E-state index contributed by atoms with van der Waals surface area (Å²) < 4.78 is 11.5. The molecule has 1 atom stereocenters. The van der Waals surface area contributed by atoms with Gasteiger partial charge >= 0.3 is 0 Å². The first kappa shape index (κ1) is 41.0. The molecule has 1 aromatic heterocycles. The molecule has 0 aliphatic carbocycles. The van der Waals surface area contributed by atoms with Gasteiger partial charge in [-0.3, -0.25) is 14.4 Å². The molecule has 53 heavy (non-hydrogen) atoms. The Balaban J connectivity index is 1.43. The summed E-state index contributed by atoms with van der Waals surface area (Å²) >= 11 is 6.90. The Morgan fingerprint density at radius 3 is 2.08 bits per heavy atom. The van der Waals surface area contributed by atoms with Crippen molar-refractivity contribution < 1.29 is 23.9 Å². The van der Waals surface area contributed by atoms with Gasteiger partial charge in [-0.05, 0) is 89.4 Å². The maximum Gasteiger partial charge on any atom is 0.292 e. The molecule has 0 radical (unpaired) electrons. The number of rotatable bonds is 16. The highest BCUT2D eigenvalue weighted by molar-refractivity contribution is 6.45. The zero-order valence-corrected chi connectivity index (χ0v) is 33.4. The van der Waals surface area contributed by atoms with E-state index in [2.05, 4.69) is 85.8 Å². The first-order valence-corrected chi connectivity index (χ1v) is 18.4. The fraction of sp³-hybridized carbons (Fsp3) is 0.463. The molecule has 0 fully saturated rings. The second kappa shape index (κ2) is 16.5. The molecule has 0 saturated heterocycles. The second-order valence-corrected chi connectivity index (χ2v) is 16.1. The number of methoxy groups -OCH3 is 1. The molecule has 2 amide bonds. The van der Waals surface area contributed by atoms with Crippen LogP contribution in [0.3, 0.4) is 0 Å². The third-order valence-corrected chi connectivity index (χ3v) is 10.3. The summed E-state index contributed by atoms with van der Waals surface area (Å²) in [6, 6.07) is 20.0. The smallest absolute Gasteiger partial charge is 0.292 e. The molecular weight excluding hydrogens is 692 g/mol. The monoisotopic (exact) mass is 744 g/mol. The highest BCUT2D eigenvalue weighted by atomic mass is 35.5. The number of carbonyl (C=O) groups is 3. The van der Waals surface area contributed by atoms with Crippen LogP contribution >= 0.6 is 11.6 Å². The van der Waals surface area contributed by atoms with E-state index < -0.39 is 22.1 Å². The first-order valence-electron chi connectivity index (χ1n) is 18.0. The third-order valence-electron chi connectivity index (χ3n) is 9.79. The number of nitrogens with one attached hydrogen (secondary N) is 2. The van der Waals surface area contributed by atoms with Gasteiger partial charge in [-0.1, -0.05) is 92.1 Å². The molecular formula is C41H53ClN6O5. The second-order valence-electron chi connectivity index (χ2n) is 15.6. The van der Waals surface area contributed by atoms with E-state index in [1.54, 1.807) is 76.4 Å². The molecule has 11 nitrogen and oxygen atoms in total. The van der Waals surface area contributed by atoms with E-state index >= 15 is 0 Å². The minimum absolute atomic E-state index is 0.0587. The van der Waals surface area contributed by atoms with E-state index in [0.717, 1.165) is 23.4 Å². The number of Topliss-reactive ketones (excluding diaryl/α,β-unsaturated/α-hetero) is 1. The van der Waals surface area contributed by atoms with Crippen LogP contribution in [0.2, 0.25) is 0 Å². The number of amides is 2. The fourth-order valence-electron chi connectivity index (χ4n) is 5.51. The van der Waals surface area contributed by atoms with Gasteiger partial charge in [0.15, 0.2) is 5.78 Å². The summed E-state index contributed by atoms with van der Waals surface area (Å²) in [5, 5.41) is 18.0. The van der Waals surface area contributed by atoms with Crippen LogP contribution < -0.4 is 20.1 Å². The number of alkyl halides is 1. The van der Waals surface area contributed by atoms with Crippen molar-refractivity contribution in [3.8, 4) is 22.9 Å². The molecule has 12 heteroatoms. The maximum atomic E-state index is 13.9. The number of tetrazole rings is 1. The lowest BCUT2D eigenvalue weighted by atomic mass is 9.76. The van der Waals surface area contributed by atoms with Crippen molar-refractivity contribution in [2.75, 3.05) is 24.4 Å². The SMILES string of the molecule is CCC(C)(C)c1ccc(OCCCC(=O)Nc2cccc(NC(=O)C(Cl)(C(=O)C(C)(C)C)n3nnc(-c4ccc(OC)cc4)n3)c2)c(C(C)(C)CC)c1. The van der Waals surface area contributed by atoms with Crippen molar-refractivity contribution in [1.29, 1.82) is 0 Å². The van der Waals surface area contributed by atoms with Gasteiger partial charge in [-0.15, -0.1) is 15.0 Å². The van der Waals surface area contributed by atoms with Crippen LogP contribution in [0, 0.1) is 5.41 Å². The van der Waals surface area contributed by atoms with E-state index in [1.165, 1.54) is 11.1 Å². The Bertz CT molecular complexity index is 1910. The average molecular weight is 745 g/mol. The van der Waals surface area contributed by atoms with Crippen LogP contribution in [0.1, 0.15) is 99.1 Å². The van der Waals surface area contributed by atoms with Gasteiger partial charge in [0.1, 0.15) is 11.5 Å². The number of ether oxygens (including phenoxy) is 2. The van der Waals surface area contributed by atoms with Crippen molar-refractivity contribution in [1.82, 2.24) is 20.2 Å². The number of benzene rings is 3. The number of aromatic nitrogens is 4. The van der Waals surface area contributed by atoms with Crippen LogP contribution in [0.15, 0.2) is 66.7 Å². The highest BCUT2D eigenvalue weighted by Gasteiger charge is 2.53. The van der Waals surface area contributed by atoms with Crippen molar-refractivity contribution in [3.05, 3.63) is 77.9 Å². The largest absolute Gasteiger partial charge is 0.497 e. The molecule has 3 aromatic carbocycles. The zero-order chi connectivity index (χ0) is 39.2. The lowest BCUT2D eigenvalue weighted by Gasteiger charge is -2.30. The number of halogens is 1. The van der Waals surface area contributed by atoms with E-state index in [4.69, 9.17) is 21.1 Å². The van der Waals surface area contributed by atoms with Crippen molar-refractivity contribution in [2.45, 2.75) is 104 Å². The Kier molecular flexibility index (Phi) is 12.8. The molecule has 0 aliphatic rings. The standard InChI is InChI=1S/C41H53ClN6O5/c1-11-39(6,7)28-20-23-33(32(25-28)40(8,9)12-2)53-24-14-17-34(49)43-29-15-13-16-30(26-29)44-37(51)41(42,36(50)38(3,4)5)48-46-35(45-47-48)27-18-21-31(52-10)22-19-27/h13,15-16,18-23,25-26H,11-12,14,17,24H2,1-10H3,(H,43,49)(H,44,51). The van der Waals surface area contributed by atoms with E-state index in [-0.39, 0.29) is 29.0 Å². The molecule has 4 aromatic rings. The Labute approximate surface area is 318 Å². The normalized spacial score (nSPS) is 13.2. The Morgan fingerprint density at radius 1 is 0.830 bits per heavy atom. The number of anilines is 2. The number of nitrogens with zero attached hydrogens (tertiary/aromatic N) is 4. The molecule has 4 rings (SSSR count). The predicted octanol–water partition coefficient (Wildman–Crippen LogP) is 8.67. The lowest BCUT2D eigenvalue weighted by molar-refractivity contribution is -0.139. The first-order chi connectivity index (χ1) is 24.8. The third kappa shape index (κ3) is 9.62. The average Bonchev–Trinajstić information content (AvgIpc) is 3.63. The van der Waals surface area contributed by atoms with Gasteiger partial charge in [-0.25, -0.2) is 0 Å². The van der Waals surface area contributed by atoms with Crippen LogP contribution in [0.25, 0.3) is 11.4 Å². The summed E-state index contributed by atoms with van der Waals surface area (Å²) in [6.07, 6.45) is 2.72. The van der Waals surface area contributed by atoms with E-state index in [1.807, 2.05) is 0 Å². The van der Waals surface area contributed by atoms with Gasteiger partial charge < -0.3 is 20.1 Å². The summed E-state index contributed by atoms with van der Waals surface area (Å²) in [5.74, 6) is -0.0772. The highest BCUT2D eigenvalue weighted by Crippen LogP contribution is 2.39. The molecule has 2 N–H and O–H groups in total. The number of carbonyl (C=O) groups excluding carboxylic acids is 3. The quantitative estimate of drug-likeness (QED) is 0.0661. The molecule has 1 heterocycles. The Morgan fingerprint density at radius 2 is 1.47 bits per heavy atom. The van der Waals surface area contributed by atoms with Gasteiger partial charge in [0, 0.05) is 34.3 Å². The summed E-state index contributed by atoms with van der Waals surface area (Å²) in [6.45, 7) is 18.7. The number of ketones is 1. The molecule has 0 aliphatic heterocycles. The topological polar surface area (TPSA) is 137 Å². The molecule has 1 unspecified atom stereocenters. The predicted molar refractivity (Wildman–Crippen MR) is 210 cm³/mol. The van der Waals surface area contributed by atoms with Crippen LogP contribution in [-0.2, 0) is 30.2 Å². The minimum atomic E-state index is -2.37. The lowest BCUT2D eigenvalue weighted by Crippen LogP contribution is -2.52. The fourth-order valence-corrected chi connectivity index (χ4v) is 5.91. The van der Waals surface area contributed by atoms with Crippen LogP contribution in [0.5, 0.6) is 11.5 Å². The van der Waals surface area contributed by atoms with Crippen LogP contribution in [0.4, 0.5) is 11.4 Å². The number of hydrogen-bond donors (Lipinski definition) is 2. The van der Waals surface area contributed by atoms with Gasteiger partial charge in [0.2, 0.25) is 11.7 Å². The summed E-state index contributed by atoms with van der Waals surface area (Å²) in [4.78, 5) is 39.0. The van der Waals surface area contributed by atoms with Crippen molar-refractivity contribution in [3.63, 3.8) is 0 Å². The van der Waals surface area contributed by atoms with Crippen molar-refractivity contribution >= 4 is 40.6 Å². The number of hydrogen-bond acceptors (Lipinski definition) is 8. The minimum Gasteiger partial charge on any atom is -0.497 e. The van der Waals surface area contributed by atoms with E-state index in [9.17, 15) is 14.4 Å². The van der Waals surface area contributed by atoms with Gasteiger partial charge in [-0.2, -0.15) is 0 Å². The zero-order valence-electron chi connectivity index (χ0n) is 32.6. The Hall–Kier alpha value is -4.77. The van der Waals surface area contributed by atoms with E-state index in [0.29, 0.717) is 35.7 Å². The van der Waals surface area contributed by atoms with Crippen LogP contribution in [-0.4, -0.2) is 51.5 Å². The summed E-state index contributed by atoms with van der Waals surface area (Å²) in [5.41, 5.74) is 2.75. The maximum absolute atomic E-state index is 13.9. The summed E-state index contributed by atoms with van der Waals surface area (Å²) in [7, 11) is 1.56. The van der Waals surface area contributed by atoms with Crippen molar-refractivity contribution in [2.24, 2.45) is 5.41 Å². The van der Waals surface area contributed by atoms with Gasteiger partial charge in [0.25, 0.3) is 10.9 Å².